The van der Waals surface area contributed by atoms with Crippen molar-refractivity contribution in [3.63, 3.8) is 0 Å². The number of halogens is 1. The zero-order valence-corrected chi connectivity index (χ0v) is 21.3. The Kier molecular flexibility index (Phi) is 6.43. The number of carbonyl (C=O) groups is 1. The third-order valence-corrected chi connectivity index (χ3v) is 7.50. The first-order valence-corrected chi connectivity index (χ1v) is 12.5. The summed E-state index contributed by atoms with van der Waals surface area (Å²) in [6.45, 7) is -1.37. The molecular formula is C29H27FO9. The van der Waals surface area contributed by atoms with Gasteiger partial charge in [-0.15, -0.1) is 0 Å². The number of hydrogen-bond acceptors (Lipinski definition) is 9. The first-order chi connectivity index (χ1) is 18.9. The number of alkyl halides is 1. The van der Waals surface area contributed by atoms with E-state index in [-0.39, 0.29) is 23.5 Å². The van der Waals surface area contributed by atoms with E-state index in [2.05, 4.69) is 0 Å². The molecule has 0 bridgehead atoms. The second-order valence-corrected chi connectivity index (χ2v) is 9.54. The van der Waals surface area contributed by atoms with Crippen LogP contribution in [0.15, 0.2) is 54.6 Å². The highest BCUT2D eigenvalue weighted by atomic mass is 19.1. The van der Waals surface area contributed by atoms with E-state index in [1.165, 1.54) is 14.2 Å². The summed E-state index contributed by atoms with van der Waals surface area (Å²) in [6, 6.07) is 15.5. The molecule has 204 valence electrons. The topological polar surface area (TPSA) is 113 Å². The Labute approximate surface area is 223 Å². The third kappa shape index (κ3) is 3.86. The molecule has 0 saturated carbocycles. The molecule has 6 rings (SSSR count). The molecule has 0 aliphatic carbocycles. The molecule has 3 aliphatic heterocycles. The van der Waals surface area contributed by atoms with Gasteiger partial charge in [0.05, 0.1) is 30.9 Å². The molecule has 3 aliphatic rings. The smallest absolute Gasteiger partial charge is 0.340 e. The summed E-state index contributed by atoms with van der Waals surface area (Å²) in [7, 11) is 2.93. The maximum atomic E-state index is 14.8. The van der Waals surface area contributed by atoms with Gasteiger partial charge in [-0.3, -0.25) is 0 Å². The van der Waals surface area contributed by atoms with Crippen molar-refractivity contribution >= 4 is 5.97 Å². The van der Waals surface area contributed by atoms with Gasteiger partial charge < -0.3 is 38.6 Å². The van der Waals surface area contributed by atoms with Crippen LogP contribution in [0.4, 0.5) is 4.39 Å². The molecule has 0 radical (unpaired) electrons. The van der Waals surface area contributed by atoms with Crippen molar-refractivity contribution in [2.75, 3.05) is 20.8 Å². The van der Waals surface area contributed by atoms with Crippen molar-refractivity contribution < 1.29 is 47.8 Å². The molecular weight excluding hydrogens is 511 g/mol. The largest absolute Gasteiger partial charge is 0.497 e. The fraction of sp³-hybridized carbons (Fsp3) is 0.345. The number of methoxy groups -OCH3 is 2. The number of carbonyl (C=O) groups excluding carboxylic acids is 1. The highest BCUT2D eigenvalue weighted by Gasteiger charge is 2.54. The van der Waals surface area contributed by atoms with Crippen molar-refractivity contribution in [1.29, 1.82) is 0 Å². The average molecular weight is 539 g/mol. The Morgan fingerprint density at radius 3 is 2.62 bits per heavy atom. The monoisotopic (exact) mass is 538 g/mol. The predicted octanol–water partition coefficient (Wildman–Crippen LogP) is 3.59. The third-order valence-electron chi connectivity index (χ3n) is 7.50. The lowest BCUT2D eigenvalue weighted by molar-refractivity contribution is -0.236. The van der Waals surface area contributed by atoms with E-state index in [0.717, 1.165) is 0 Å². The molecule has 39 heavy (non-hydrogen) atoms. The molecule has 9 nitrogen and oxygen atoms in total. The molecule has 3 heterocycles. The number of benzene rings is 3. The van der Waals surface area contributed by atoms with Crippen molar-refractivity contribution in [3.8, 4) is 23.0 Å². The van der Waals surface area contributed by atoms with Gasteiger partial charge in [-0.2, -0.15) is 0 Å². The first kappa shape index (κ1) is 25.6. The summed E-state index contributed by atoms with van der Waals surface area (Å²) in [6.07, 6.45) is -3.48. The number of rotatable bonds is 6. The highest BCUT2D eigenvalue weighted by molar-refractivity contribution is 5.97. The normalized spacial score (nSPS) is 26.7. The van der Waals surface area contributed by atoms with Gasteiger partial charge in [-0.05, 0) is 30.3 Å². The fourth-order valence-corrected chi connectivity index (χ4v) is 5.70. The Balaban J connectivity index is 1.47. The summed E-state index contributed by atoms with van der Waals surface area (Å²) in [4.78, 5) is 13.0. The van der Waals surface area contributed by atoms with Crippen LogP contribution in [0.25, 0.3) is 0 Å². The van der Waals surface area contributed by atoms with E-state index >= 15 is 0 Å². The molecule has 10 heteroatoms. The number of fused-ring (bicyclic) bond motifs is 6. The van der Waals surface area contributed by atoms with Gasteiger partial charge in [0.1, 0.15) is 41.9 Å². The number of ether oxygens (including phenoxy) is 6. The van der Waals surface area contributed by atoms with Gasteiger partial charge >= 0.3 is 5.97 Å². The van der Waals surface area contributed by atoms with Crippen LogP contribution in [0, 0.1) is 0 Å². The van der Waals surface area contributed by atoms with Gasteiger partial charge in [0, 0.05) is 36.3 Å². The van der Waals surface area contributed by atoms with Crippen molar-refractivity contribution in [3.05, 3.63) is 82.4 Å². The molecule has 1 spiro atoms. The molecule has 0 amide bonds. The van der Waals surface area contributed by atoms with E-state index in [1.807, 2.05) is 6.07 Å². The number of hydrogen-bond donors (Lipinski definition) is 2. The van der Waals surface area contributed by atoms with Gasteiger partial charge in [-0.25, -0.2) is 9.18 Å². The molecule has 1 saturated heterocycles. The van der Waals surface area contributed by atoms with Gasteiger partial charge in [0.25, 0.3) is 0 Å². The lowest BCUT2D eigenvalue weighted by atomic mass is 9.77. The minimum absolute atomic E-state index is 0.0353. The van der Waals surface area contributed by atoms with E-state index in [4.69, 9.17) is 28.4 Å². The average Bonchev–Trinajstić information content (AvgIpc) is 3.25. The SMILES string of the molecule is COc1ccc2c(c1)Oc1c(ccc(OC3C[C@@H](O)[C@@H](OC)[C@@H](CO)O3)c1CF)C21OC(=O)c2ccccc21. The molecule has 1 fully saturated rings. The Morgan fingerprint density at radius 1 is 1.08 bits per heavy atom. The zero-order valence-electron chi connectivity index (χ0n) is 21.3. The van der Waals surface area contributed by atoms with Gasteiger partial charge in [0.15, 0.2) is 5.60 Å². The Hall–Kier alpha value is -3.70. The maximum absolute atomic E-state index is 14.8. The molecule has 0 aromatic heterocycles. The van der Waals surface area contributed by atoms with Crippen LogP contribution >= 0.6 is 0 Å². The minimum Gasteiger partial charge on any atom is -0.497 e. The first-order valence-electron chi connectivity index (χ1n) is 12.5. The van der Waals surface area contributed by atoms with Crippen molar-refractivity contribution in [1.82, 2.24) is 0 Å². The van der Waals surface area contributed by atoms with Gasteiger partial charge in [0.2, 0.25) is 6.29 Å². The molecule has 2 unspecified atom stereocenters. The second-order valence-electron chi connectivity index (χ2n) is 9.54. The maximum Gasteiger partial charge on any atom is 0.340 e. The number of aliphatic hydroxyl groups is 2. The summed E-state index contributed by atoms with van der Waals surface area (Å²) < 4.78 is 49.6. The Morgan fingerprint density at radius 2 is 1.87 bits per heavy atom. The predicted molar refractivity (Wildman–Crippen MR) is 134 cm³/mol. The zero-order chi connectivity index (χ0) is 27.3. The van der Waals surface area contributed by atoms with E-state index < -0.39 is 49.5 Å². The quantitative estimate of drug-likeness (QED) is 0.455. The van der Waals surface area contributed by atoms with E-state index in [1.54, 1.807) is 48.5 Å². The van der Waals surface area contributed by atoms with Crippen LogP contribution in [-0.4, -0.2) is 61.6 Å². The molecule has 5 atom stereocenters. The van der Waals surface area contributed by atoms with Crippen LogP contribution in [0.5, 0.6) is 23.0 Å². The van der Waals surface area contributed by atoms with E-state index in [9.17, 15) is 19.4 Å². The van der Waals surface area contributed by atoms with E-state index in [0.29, 0.717) is 33.8 Å². The molecule has 3 aromatic carbocycles. The van der Waals surface area contributed by atoms with Crippen LogP contribution in [0.2, 0.25) is 0 Å². The van der Waals surface area contributed by atoms with Crippen LogP contribution in [0.1, 0.15) is 39.0 Å². The van der Waals surface area contributed by atoms with Crippen LogP contribution < -0.4 is 14.2 Å². The standard InChI is InChI=1S/C29H27FO9/c1-34-15-7-8-19-23(11-15)38-26-17(13-30)22(36-25-12-21(32)27(35-2)24(14-31)37-25)10-9-20(26)29(19)18-6-4-3-5-16(18)28(33)39-29/h3-11,21,24-25,27,31-32H,12-14H2,1-2H3/t21-,24-,25?,27-,29?/m1/s1. The second kappa shape index (κ2) is 9.80. The Bertz CT molecular complexity index is 1430. The molecule has 3 aromatic rings. The lowest BCUT2D eigenvalue weighted by Crippen LogP contribution is -2.52. The van der Waals surface area contributed by atoms with Gasteiger partial charge in [-0.1, -0.05) is 18.2 Å². The van der Waals surface area contributed by atoms with Crippen molar-refractivity contribution in [2.45, 2.75) is 43.3 Å². The summed E-state index contributed by atoms with van der Waals surface area (Å²) in [5.74, 6) is 0.609. The number of esters is 1. The number of aliphatic hydroxyl groups excluding tert-OH is 2. The summed E-state index contributed by atoms with van der Waals surface area (Å²) >= 11 is 0. The lowest BCUT2D eigenvalue weighted by Gasteiger charge is -2.39. The highest BCUT2D eigenvalue weighted by Crippen LogP contribution is 2.58. The minimum atomic E-state index is -1.38. The summed E-state index contributed by atoms with van der Waals surface area (Å²) in [5.41, 5.74) is 0.726. The van der Waals surface area contributed by atoms with Crippen molar-refractivity contribution in [2.24, 2.45) is 0 Å². The molecule has 2 N–H and O–H groups in total. The fourth-order valence-electron chi connectivity index (χ4n) is 5.70. The van der Waals surface area contributed by atoms with Crippen LogP contribution in [0.3, 0.4) is 0 Å². The van der Waals surface area contributed by atoms with Crippen LogP contribution in [-0.2, 0) is 26.5 Å². The summed E-state index contributed by atoms with van der Waals surface area (Å²) in [5, 5.41) is 20.2.